The highest BCUT2D eigenvalue weighted by Gasteiger charge is 2.11. The summed E-state index contributed by atoms with van der Waals surface area (Å²) in [5.41, 5.74) is 3.61. The third-order valence-electron chi connectivity index (χ3n) is 3.45. The fourth-order valence-electron chi connectivity index (χ4n) is 2.39. The lowest BCUT2D eigenvalue weighted by atomic mass is 10.1. The van der Waals surface area contributed by atoms with Crippen molar-refractivity contribution in [2.24, 2.45) is 0 Å². The number of fused-ring (bicyclic) bond motifs is 1. The van der Waals surface area contributed by atoms with Gasteiger partial charge in [0, 0.05) is 22.8 Å². The highest BCUT2D eigenvalue weighted by atomic mass is 35.5. The van der Waals surface area contributed by atoms with E-state index < -0.39 is 0 Å². The molecule has 0 aliphatic carbocycles. The zero-order chi connectivity index (χ0) is 15.7. The Balaban J connectivity index is 1.75. The molecule has 0 fully saturated rings. The number of rotatable bonds is 3. The first-order chi connectivity index (χ1) is 10.5. The van der Waals surface area contributed by atoms with E-state index in [0.29, 0.717) is 22.2 Å². The Morgan fingerprint density at radius 1 is 1.14 bits per heavy atom. The van der Waals surface area contributed by atoms with Gasteiger partial charge in [-0.3, -0.25) is 4.79 Å². The van der Waals surface area contributed by atoms with E-state index in [1.807, 2.05) is 19.1 Å². The van der Waals surface area contributed by atoms with Crippen molar-refractivity contribution in [3.05, 3.63) is 69.3 Å². The molecule has 0 aliphatic heterocycles. The van der Waals surface area contributed by atoms with Crippen LogP contribution in [0.2, 0.25) is 10.0 Å². The molecule has 0 radical (unpaired) electrons. The summed E-state index contributed by atoms with van der Waals surface area (Å²) in [5.74, 6) is -0.238. The highest BCUT2D eigenvalue weighted by Crippen LogP contribution is 2.21. The quantitative estimate of drug-likeness (QED) is 0.716. The largest absolute Gasteiger partial charge is 0.359 e. The van der Waals surface area contributed by atoms with Gasteiger partial charge in [0.25, 0.3) is 5.91 Å². The number of halogens is 2. The summed E-state index contributed by atoms with van der Waals surface area (Å²) in [6.07, 6.45) is 0. The second-order valence-electron chi connectivity index (χ2n) is 5.18. The molecule has 0 atom stereocenters. The van der Waals surface area contributed by atoms with E-state index in [1.165, 1.54) is 0 Å². The van der Waals surface area contributed by atoms with Crippen LogP contribution in [0.15, 0.2) is 42.5 Å². The molecule has 5 heteroatoms. The number of aryl methyl sites for hydroxylation is 1. The van der Waals surface area contributed by atoms with E-state index in [4.69, 9.17) is 23.2 Å². The molecule has 3 rings (SSSR count). The summed E-state index contributed by atoms with van der Waals surface area (Å²) in [6.45, 7) is 2.45. The first-order valence-electron chi connectivity index (χ1n) is 6.84. The topological polar surface area (TPSA) is 44.9 Å². The van der Waals surface area contributed by atoms with Crippen LogP contribution < -0.4 is 5.32 Å². The molecule has 2 aromatic carbocycles. The van der Waals surface area contributed by atoms with Crippen LogP contribution >= 0.6 is 23.2 Å². The van der Waals surface area contributed by atoms with Gasteiger partial charge in [-0.25, -0.2) is 0 Å². The normalized spacial score (nSPS) is 10.9. The summed E-state index contributed by atoms with van der Waals surface area (Å²) in [5, 5.41) is 4.86. The van der Waals surface area contributed by atoms with Crippen LogP contribution in [0.5, 0.6) is 0 Å². The minimum absolute atomic E-state index is 0.238. The van der Waals surface area contributed by atoms with Crippen LogP contribution in [0.1, 0.15) is 21.6 Å². The molecule has 0 spiro atoms. The molecule has 2 N–H and O–H groups in total. The number of amides is 1. The van der Waals surface area contributed by atoms with Crippen molar-refractivity contribution in [3.63, 3.8) is 0 Å². The number of aromatic amines is 1. The van der Waals surface area contributed by atoms with Crippen LogP contribution in [0.3, 0.4) is 0 Å². The molecule has 0 unspecified atom stereocenters. The molecule has 0 aliphatic rings. The van der Waals surface area contributed by atoms with Crippen molar-refractivity contribution >= 4 is 40.0 Å². The zero-order valence-electron chi connectivity index (χ0n) is 11.9. The smallest absolute Gasteiger partial charge is 0.253 e. The van der Waals surface area contributed by atoms with Gasteiger partial charge in [0.1, 0.15) is 0 Å². The van der Waals surface area contributed by atoms with Gasteiger partial charge in [-0.05, 0) is 54.3 Å². The van der Waals surface area contributed by atoms with E-state index >= 15 is 0 Å². The molecule has 3 nitrogen and oxygen atoms in total. The third kappa shape index (κ3) is 3.11. The zero-order valence-corrected chi connectivity index (χ0v) is 13.4. The monoisotopic (exact) mass is 332 g/mol. The fourth-order valence-corrected chi connectivity index (χ4v) is 2.76. The number of carbonyl (C=O) groups excluding carboxylic acids is 1. The standard InChI is InChI=1S/C17H14Cl2N2O/c1-10-6-12-7-11(2-5-16(12)21-10)9-20-17(22)14-8-13(18)3-4-15(14)19/h2-8,21H,9H2,1H3,(H,20,22). The number of benzene rings is 2. The van der Waals surface area contributed by atoms with E-state index in [0.717, 1.165) is 22.2 Å². The Bertz CT molecular complexity index is 855. The Kier molecular flexibility index (Phi) is 4.10. The second-order valence-corrected chi connectivity index (χ2v) is 6.02. The van der Waals surface area contributed by atoms with Gasteiger partial charge in [-0.15, -0.1) is 0 Å². The summed E-state index contributed by atoms with van der Waals surface area (Å²) in [7, 11) is 0. The molecule has 112 valence electrons. The van der Waals surface area contributed by atoms with Gasteiger partial charge >= 0.3 is 0 Å². The SMILES string of the molecule is Cc1cc2cc(CNC(=O)c3cc(Cl)ccc3Cl)ccc2[nH]1. The van der Waals surface area contributed by atoms with Crippen LogP contribution in [-0.2, 0) is 6.54 Å². The molecule has 1 aromatic heterocycles. The summed E-state index contributed by atoms with van der Waals surface area (Å²) in [4.78, 5) is 15.5. The van der Waals surface area contributed by atoms with Crippen molar-refractivity contribution in [3.8, 4) is 0 Å². The number of H-pyrrole nitrogens is 1. The lowest BCUT2D eigenvalue weighted by Gasteiger charge is -2.07. The predicted molar refractivity (Wildman–Crippen MR) is 90.7 cm³/mol. The molecule has 22 heavy (non-hydrogen) atoms. The number of aromatic nitrogens is 1. The molecular formula is C17H14Cl2N2O. The van der Waals surface area contributed by atoms with E-state index in [9.17, 15) is 4.79 Å². The Labute approximate surface area is 138 Å². The van der Waals surface area contributed by atoms with Crippen LogP contribution in [0.4, 0.5) is 0 Å². The van der Waals surface area contributed by atoms with E-state index in [-0.39, 0.29) is 5.91 Å². The Hall–Kier alpha value is -1.97. The molecule has 3 aromatic rings. The van der Waals surface area contributed by atoms with Crippen molar-refractivity contribution in [1.29, 1.82) is 0 Å². The maximum Gasteiger partial charge on any atom is 0.253 e. The highest BCUT2D eigenvalue weighted by molar-refractivity contribution is 6.35. The van der Waals surface area contributed by atoms with Gasteiger partial charge in [-0.2, -0.15) is 0 Å². The average molecular weight is 333 g/mol. The van der Waals surface area contributed by atoms with Crippen LogP contribution in [0.25, 0.3) is 10.9 Å². The van der Waals surface area contributed by atoms with Crippen molar-refractivity contribution in [2.75, 3.05) is 0 Å². The summed E-state index contributed by atoms with van der Waals surface area (Å²) in [6, 6.07) is 13.0. The molecule has 1 amide bonds. The first kappa shape index (κ1) is 14.9. The van der Waals surface area contributed by atoms with Gasteiger partial charge in [0.05, 0.1) is 10.6 Å². The lowest BCUT2D eigenvalue weighted by molar-refractivity contribution is 0.0951. The van der Waals surface area contributed by atoms with Gasteiger partial charge in [0.15, 0.2) is 0 Å². The third-order valence-corrected chi connectivity index (χ3v) is 4.01. The maximum atomic E-state index is 12.2. The Morgan fingerprint density at radius 2 is 1.95 bits per heavy atom. The molecule has 0 saturated heterocycles. The number of nitrogens with one attached hydrogen (secondary N) is 2. The Morgan fingerprint density at radius 3 is 2.77 bits per heavy atom. The van der Waals surface area contributed by atoms with Gasteiger partial charge < -0.3 is 10.3 Å². The summed E-state index contributed by atoms with van der Waals surface area (Å²) < 4.78 is 0. The number of carbonyl (C=O) groups is 1. The summed E-state index contributed by atoms with van der Waals surface area (Å²) >= 11 is 11.9. The number of hydrogen-bond acceptors (Lipinski definition) is 1. The van der Waals surface area contributed by atoms with Crippen LogP contribution in [-0.4, -0.2) is 10.9 Å². The molecule has 0 saturated carbocycles. The number of hydrogen-bond donors (Lipinski definition) is 2. The molecular weight excluding hydrogens is 319 g/mol. The van der Waals surface area contributed by atoms with Crippen molar-refractivity contribution in [2.45, 2.75) is 13.5 Å². The molecule has 0 bridgehead atoms. The average Bonchev–Trinajstić information content (AvgIpc) is 2.86. The molecule has 1 heterocycles. The predicted octanol–water partition coefficient (Wildman–Crippen LogP) is 4.71. The van der Waals surface area contributed by atoms with E-state index in [2.05, 4.69) is 22.4 Å². The minimum Gasteiger partial charge on any atom is -0.359 e. The van der Waals surface area contributed by atoms with Gasteiger partial charge in [0.2, 0.25) is 0 Å². The van der Waals surface area contributed by atoms with Crippen molar-refractivity contribution < 1.29 is 4.79 Å². The lowest BCUT2D eigenvalue weighted by Crippen LogP contribution is -2.23. The van der Waals surface area contributed by atoms with Gasteiger partial charge in [-0.1, -0.05) is 29.3 Å². The van der Waals surface area contributed by atoms with E-state index in [1.54, 1.807) is 18.2 Å². The fraction of sp³-hybridized carbons (Fsp3) is 0.118. The van der Waals surface area contributed by atoms with Crippen LogP contribution in [0, 0.1) is 6.92 Å². The minimum atomic E-state index is -0.238. The van der Waals surface area contributed by atoms with Crippen molar-refractivity contribution in [1.82, 2.24) is 10.3 Å². The first-order valence-corrected chi connectivity index (χ1v) is 7.60. The second kappa shape index (κ2) is 6.03. The maximum absolute atomic E-state index is 12.2.